The first-order valence-corrected chi connectivity index (χ1v) is 8.46. The molecule has 0 atom stereocenters. The van der Waals surface area contributed by atoms with Crippen molar-refractivity contribution < 1.29 is 4.79 Å². The molecule has 2 heterocycles. The molecule has 2 aromatic heterocycles. The maximum Gasteiger partial charge on any atom is 0.257 e. The van der Waals surface area contributed by atoms with Gasteiger partial charge in [-0.1, -0.05) is 36.4 Å². The molecule has 4 rings (SSSR count). The van der Waals surface area contributed by atoms with Crippen LogP contribution >= 0.6 is 11.3 Å². The number of rotatable bonds is 3. The number of H-pyrrole nitrogens is 1. The molecule has 2 aromatic carbocycles. The summed E-state index contributed by atoms with van der Waals surface area (Å²) in [4.78, 5) is 27.3. The number of pyridine rings is 1. The first kappa shape index (κ1) is 14.7. The summed E-state index contributed by atoms with van der Waals surface area (Å²) in [7, 11) is 0. The molecule has 0 radical (unpaired) electrons. The van der Waals surface area contributed by atoms with Crippen molar-refractivity contribution >= 4 is 38.2 Å². The van der Waals surface area contributed by atoms with Gasteiger partial charge in [0.2, 0.25) is 0 Å². The molecule has 4 nitrogen and oxygen atoms in total. The number of carbonyl (C=O) groups is 1. The van der Waals surface area contributed by atoms with Gasteiger partial charge in [0.05, 0.1) is 10.9 Å². The summed E-state index contributed by atoms with van der Waals surface area (Å²) in [6.07, 6.45) is 0. The van der Waals surface area contributed by atoms with Gasteiger partial charge < -0.3 is 10.3 Å². The zero-order chi connectivity index (χ0) is 16.5. The number of carbonyl (C=O) groups excluding carboxylic acids is 1. The summed E-state index contributed by atoms with van der Waals surface area (Å²) in [5.41, 5.74) is 2.13. The highest BCUT2D eigenvalue weighted by Crippen LogP contribution is 2.26. The molecule has 0 unspecified atom stereocenters. The standard InChI is InChI=1S/C19H14N2O2S/c22-18(20-11-12-4-2-1-3-5-12)13-6-7-14-16(10-13)21-19(23)15-8-9-24-17(14)15/h1-10H,11H2,(H,20,22)(H,21,23). The van der Waals surface area contributed by atoms with Crippen molar-refractivity contribution in [1.29, 1.82) is 0 Å². The maximum absolute atomic E-state index is 12.4. The lowest BCUT2D eigenvalue weighted by Crippen LogP contribution is -2.22. The van der Waals surface area contributed by atoms with Crippen LogP contribution in [0.4, 0.5) is 0 Å². The first-order valence-electron chi connectivity index (χ1n) is 7.58. The van der Waals surface area contributed by atoms with Gasteiger partial charge in [-0.05, 0) is 29.1 Å². The number of aromatic amines is 1. The third-order valence-corrected chi connectivity index (χ3v) is 4.93. The predicted molar refractivity (Wildman–Crippen MR) is 97.6 cm³/mol. The van der Waals surface area contributed by atoms with E-state index in [9.17, 15) is 9.59 Å². The summed E-state index contributed by atoms with van der Waals surface area (Å²) >= 11 is 1.53. The number of hydrogen-bond acceptors (Lipinski definition) is 3. The van der Waals surface area contributed by atoms with Gasteiger partial charge in [0, 0.05) is 22.2 Å². The molecule has 1 amide bonds. The molecule has 0 fully saturated rings. The van der Waals surface area contributed by atoms with Gasteiger partial charge in [-0.3, -0.25) is 9.59 Å². The maximum atomic E-state index is 12.4. The summed E-state index contributed by atoms with van der Waals surface area (Å²) in [5.74, 6) is -0.159. The molecule has 0 aliphatic heterocycles. The summed E-state index contributed by atoms with van der Waals surface area (Å²) in [5, 5.41) is 6.45. The molecule has 118 valence electrons. The van der Waals surface area contributed by atoms with Gasteiger partial charge in [-0.25, -0.2) is 0 Å². The molecule has 0 aliphatic carbocycles. The van der Waals surface area contributed by atoms with E-state index >= 15 is 0 Å². The van der Waals surface area contributed by atoms with E-state index in [4.69, 9.17) is 0 Å². The van der Waals surface area contributed by atoms with Gasteiger partial charge in [-0.15, -0.1) is 11.3 Å². The highest BCUT2D eigenvalue weighted by atomic mass is 32.1. The number of fused-ring (bicyclic) bond motifs is 3. The van der Waals surface area contributed by atoms with Crippen LogP contribution in [-0.2, 0) is 6.54 Å². The molecule has 0 saturated heterocycles. The van der Waals surface area contributed by atoms with Crippen LogP contribution in [0.15, 0.2) is 64.8 Å². The minimum atomic E-state index is -0.159. The van der Waals surface area contributed by atoms with E-state index in [1.807, 2.05) is 47.8 Å². The van der Waals surface area contributed by atoms with E-state index in [-0.39, 0.29) is 11.5 Å². The van der Waals surface area contributed by atoms with Crippen LogP contribution in [0.3, 0.4) is 0 Å². The second kappa shape index (κ2) is 5.94. The molecular weight excluding hydrogens is 320 g/mol. The predicted octanol–water partition coefficient (Wildman–Crippen LogP) is 3.67. The fraction of sp³-hybridized carbons (Fsp3) is 0.0526. The minimum Gasteiger partial charge on any atom is -0.348 e. The molecule has 5 heteroatoms. The number of benzene rings is 2. The van der Waals surface area contributed by atoms with Gasteiger partial charge in [-0.2, -0.15) is 0 Å². The Morgan fingerprint density at radius 2 is 1.88 bits per heavy atom. The van der Waals surface area contributed by atoms with E-state index < -0.39 is 0 Å². The topological polar surface area (TPSA) is 62.0 Å². The Hall–Kier alpha value is -2.92. The lowest BCUT2D eigenvalue weighted by Gasteiger charge is -2.07. The normalized spacial score (nSPS) is 11.0. The fourth-order valence-corrected chi connectivity index (χ4v) is 3.69. The van der Waals surface area contributed by atoms with Crippen molar-refractivity contribution in [1.82, 2.24) is 10.3 Å². The third-order valence-electron chi connectivity index (χ3n) is 3.98. The second-order valence-electron chi connectivity index (χ2n) is 5.55. The van der Waals surface area contributed by atoms with E-state index in [0.29, 0.717) is 23.0 Å². The van der Waals surface area contributed by atoms with E-state index in [1.165, 1.54) is 11.3 Å². The monoisotopic (exact) mass is 334 g/mol. The number of thiophene rings is 1. The highest BCUT2D eigenvalue weighted by Gasteiger charge is 2.10. The number of amides is 1. The Morgan fingerprint density at radius 3 is 2.71 bits per heavy atom. The molecule has 0 aliphatic rings. The highest BCUT2D eigenvalue weighted by molar-refractivity contribution is 7.18. The van der Waals surface area contributed by atoms with E-state index in [2.05, 4.69) is 10.3 Å². The average Bonchev–Trinajstić information content (AvgIpc) is 3.11. The van der Waals surface area contributed by atoms with Crippen molar-refractivity contribution in [2.45, 2.75) is 6.54 Å². The molecule has 2 N–H and O–H groups in total. The van der Waals surface area contributed by atoms with Gasteiger partial charge >= 0.3 is 0 Å². The van der Waals surface area contributed by atoms with Crippen LogP contribution < -0.4 is 10.9 Å². The Morgan fingerprint density at radius 1 is 1.04 bits per heavy atom. The van der Waals surface area contributed by atoms with Crippen molar-refractivity contribution in [3.63, 3.8) is 0 Å². The van der Waals surface area contributed by atoms with E-state index in [0.717, 1.165) is 15.6 Å². The average molecular weight is 334 g/mol. The third kappa shape index (κ3) is 2.59. The molecular formula is C19H14N2O2S. The zero-order valence-electron chi connectivity index (χ0n) is 12.7. The second-order valence-corrected chi connectivity index (χ2v) is 6.46. The molecule has 0 bridgehead atoms. The van der Waals surface area contributed by atoms with Crippen molar-refractivity contribution in [3.8, 4) is 0 Å². The van der Waals surface area contributed by atoms with Crippen LogP contribution in [0, 0.1) is 0 Å². The van der Waals surface area contributed by atoms with Gasteiger partial charge in [0.25, 0.3) is 11.5 Å². The summed E-state index contributed by atoms with van der Waals surface area (Å²) in [6, 6.07) is 17.0. The van der Waals surface area contributed by atoms with Crippen LogP contribution in [0.2, 0.25) is 0 Å². The summed E-state index contributed by atoms with van der Waals surface area (Å²) in [6.45, 7) is 0.470. The lowest BCUT2D eigenvalue weighted by atomic mass is 10.1. The quantitative estimate of drug-likeness (QED) is 0.600. The van der Waals surface area contributed by atoms with E-state index in [1.54, 1.807) is 12.1 Å². The van der Waals surface area contributed by atoms with Crippen LogP contribution in [0.25, 0.3) is 21.0 Å². The first-order chi connectivity index (χ1) is 11.7. The number of hydrogen-bond donors (Lipinski definition) is 2. The Kier molecular flexibility index (Phi) is 3.63. The van der Waals surface area contributed by atoms with Crippen LogP contribution in [-0.4, -0.2) is 10.9 Å². The van der Waals surface area contributed by atoms with Crippen molar-refractivity contribution in [2.24, 2.45) is 0 Å². The van der Waals surface area contributed by atoms with Gasteiger partial charge in [0.15, 0.2) is 0 Å². The zero-order valence-corrected chi connectivity index (χ0v) is 13.5. The Balaban J connectivity index is 1.66. The summed E-state index contributed by atoms with van der Waals surface area (Å²) < 4.78 is 0.949. The largest absolute Gasteiger partial charge is 0.348 e. The number of aromatic nitrogens is 1. The lowest BCUT2D eigenvalue weighted by molar-refractivity contribution is 0.0951. The molecule has 0 spiro atoms. The molecule has 4 aromatic rings. The molecule has 0 saturated carbocycles. The Labute approximate surface area is 141 Å². The Bertz CT molecular complexity index is 1100. The SMILES string of the molecule is O=C(NCc1ccccc1)c1ccc2c(c1)[nH]c(=O)c1ccsc12. The van der Waals surface area contributed by atoms with Gasteiger partial charge in [0.1, 0.15) is 0 Å². The molecule has 24 heavy (non-hydrogen) atoms. The van der Waals surface area contributed by atoms with Crippen LogP contribution in [0.5, 0.6) is 0 Å². The van der Waals surface area contributed by atoms with Crippen molar-refractivity contribution in [3.05, 3.63) is 81.5 Å². The van der Waals surface area contributed by atoms with Crippen molar-refractivity contribution in [2.75, 3.05) is 0 Å². The smallest absolute Gasteiger partial charge is 0.257 e. The van der Waals surface area contributed by atoms with Crippen LogP contribution in [0.1, 0.15) is 15.9 Å². The minimum absolute atomic E-state index is 0.124. The number of nitrogens with one attached hydrogen (secondary N) is 2. The fourth-order valence-electron chi connectivity index (χ4n) is 2.75.